The van der Waals surface area contributed by atoms with Gasteiger partial charge in [0.25, 0.3) is 0 Å². The molecule has 0 aromatic heterocycles. The molecule has 0 bridgehead atoms. The van der Waals surface area contributed by atoms with Crippen molar-refractivity contribution in [3.8, 4) is 0 Å². The molecule has 1 aromatic carbocycles. The maximum absolute atomic E-state index is 12.9. The van der Waals surface area contributed by atoms with Crippen LogP contribution in [0.1, 0.15) is 54.1 Å². The van der Waals surface area contributed by atoms with Gasteiger partial charge < -0.3 is 5.11 Å². The molecule has 1 aliphatic heterocycles. The van der Waals surface area contributed by atoms with Crippen LogP contribution >= 0.6 is 0 Å². The second kappa shape index (κ2) is 6.83. The van der Waals surface area contributed by atoms with Crippen LogP contribution in [0.5, 0.6) is 0 Å². The van der Waals surface area contributed by atoms with Crippen LogP contribution in [0.15, 0.2) is 18.2 Å². The zero-order chi connectivity index (χ0) is 16.4. The fourth-order valence-electron chi connectivity index (χ4n) is 3.98. The van der Waals surface area contributed by atoms with Gasteiger partial charge in [-0.15, -0.1) is 0 Å². The second-order valence-electron chi connectivity index (χ2n) is 6.77. The lowest BCUT2D eigenvalue weighted by atomic mass is 9.92. The van der Waals surface area contributed by atoms with Crippen molar-refractivity contribution in [3.63, 3.8) is 0 Å². The molecule has 3 rings (SSSR count). The van der Waals surface area contributed by atoms with Gasteiger partial charge in [0.05, 0.1) is 12.0 Å². The fourth-order valence-corrected chi connectivity index (χ4v) is 3.98. The normalized spacial score (nSPS) is 20.2. The van der Waals surface area contributed by atoms with E-state index in [1.165, 1.54) is 17.5 Å². The smallest absolute Gasteiger partial charge is 0.306 e. The summed E-state index contributed by atoms with van der Waals surface area (Å²) in [7, 11) is 0. The summed E-state index contributed by atoms with van der Waals surface area (Å²) in [5.74, 6) is -0.766. The summed E-state index contributed by atoms with van der Waals surface area (Å²) < 4.78 is 0. The first kappa shape index (κ1) is 16.2. The van der Waals surface area contributed by atoms with Crippen LogP contribution in [0.2, 0.25) is 0 Å². The SMILES string of the molecule is CCC(C(=O)c1ccc2c(c1)CCC2)N1CCC(C(=O)O)CC1. The molecule has 124 valence electrons. The lowest BCUT2D eigenvalue weighted by Gasteiger charge is -2.35. The third-order valence-electron chi connectivity index (χ3n) is 5.39. The van der Waals surface area contributed by atoms with E-state index in [9.17, 15) is 9.59 Å². The summed E-state index contributed by atoms with van der Waals surface area (Å²) in [6.45, 7) is 3.44. The van der Waals surface area contributed by atoms with Gasteiger partial charge in [-0.3, -0.25) is 14.5 Å². The Morgan fingerprint density at radius 1 is 1.22 bits per heavy atom. The lowest BCUT2D eigenvalue weighted by Crippen LogP contribution is -2.46. The van der Waals surface area contributed by atoms with Gasteiger partial charge in [-0.05, 0) is 68.8 Å². The van der Waals surface area contributed by atoms with Gasteiger partial charge in [-0.2, -0.15) is 0 Å². The van der Waals surface area contributed by atoms with Crippen molar-refractivity contribution in [2.24, 2.45) is 5.92 Å². The van der Waals surface area contributed by atoms with Gasteiger partial charge in [-0.25, -0.2) is 0 Å². The minimum Gasteiger partial charge on any atom is -0.481 e. The Morgan fingerprint density at radius 2 is 1.91 bits per heavy atom. The maximum atomic E-state index is 12.9. The molecule has 1 saturated heterocycles. The van der Waals surface area contributed by atoms with E-state index in [2.05, 4.69) is 17.0 Å². The van der Waals surface area contributed by atoms with Gasteiger partial charge in [0, 0.05) is 5.56 Å². The summed E-state index contributed by atoms with van der Waals surface area (Å²) in [5.41, 5.74) is 3.53. The topological polar surface area (TPSA) is 57.6 Å². The van der Waals surface area contributed by atoms with E-state index in [0.29, 0.717) is 25.9 Å². The molecule has 23 heavy (non-hydrogen) atoms. The van der Waals surface area contributed by atoms with Crippen LogP contribution in [0, 0.1) is 5.92 Å². The highest BCUT2D eigenvalue weighted by Gasteiger charge is 2.31. The number of carboxylic acid groups (broad SMARTS) is 1. The zero-order valence-electron chi connectivity index (χ0n) is 13.8. The predicted octanol–water partition coefficient (Wildman–Crippen LogP) is 2.93. The molecule has 1 aromatic rings. The van der Waals surface area contributed by atoms with Crippen molar-refractivity contribution in [1.29, 1.82) is 0 Å². The van der Waals surface area contributed by atoms with Crippen molar-refractivity contribution < 1.29 is 14.7 Å². The van der Waals surface area contributed by atoms with Crippen molar-refractivity contribution in [2.75, 3.05) is 13.1 Å². The molecule has 1 aliphatic carbocycles. The number of nitrogens with zero attached hydrogens (tertiary/aromatic N) is 1. The molecule has 0 saturated carbocycles. The molecule has 1 unspecified atom stereocenters. The summed E-state index contributed by atoms with van der Waals surface area (Å²) in [6.07, 6.45) is 5.45. The number of carbonyl (C=O) groups is 2. The van der Waals surface area contributed by atoms with E-state index in [0.717, 1.165) is 24.8 Å². The highest BCUT2D eigenvalue weighted by Crippen LogP contribution is 2.26. The Morgan fingerprint density at radius 3 is 2.57 bits per heavy atom. The number of aryl methyl sites for hydroxylation is 2. The number of carbonyl (C=O) groups excluding carboxylic acids is 1. The first-order chi connectivity index (χ1) is 11.1. The van der Waals surface area contributed by atoms with Crippen LogP contribution in [-0.4, -0.2) is 40.9 Å². The quantitative estimate of drug-likeness (QED) is 0.849. The lowest BCUT2D eigenvalue weighted by molar-refractivity contribution is -0.143. The van der Waals surface area contributed by atoms with Crippen molar-refractivity contribution in [2.45, 2.75) is 51.5 Å². The molecule has 4 heteroatoms. The minimum atomic E-state index is -0.706. The second-order valence-corrected chi connectivity index (χ2v) is 6.77. The number of rotatable bonds is 5. The average Bonchev–Trinajstić information content (AvgIpc) is 3.03. The maximum Gasteiger partial charge on any atom is 0.306 e. The van der Waals surface area contributed by atoms with Crippen LogP contribution < -0.4 is 0 Å². The van der Waals surface area contributed by atoms with E-state index in [1.54, 1.807) is 0 Å². The molecular weight excluding hydrogens is 290 g/mol. The van der Waals surface area contributed by atoms with E-state index in [4.69, 9.17) is 5.11 Å². The number of ketones is 1. The summed E-state index contributed by atoms with van der Waals surface area (Å²) >= 11 is 0. The summed E-state index contributed by atoms with van der Waals surface area (Å²) in [4.78, 5) is 26.2. The summed E-state index contributed by atoms with van der Waals surface area (Å²) in [5, 5.41) is 9.11. The predicted molar refractivity (Wildman–Crippen MR) is 88.8 cm³/mol. The molecule has 0 spiro atoms. The molecule has 2 aliphatic rings. The fraction of sp³-hybridized carbons (Fsp3) is 0.579. The van der Waals surface area contributed by atoms with Gasteiger partial charge in [-0.1, -0.05) is 19.1 Å². The Kier molecular flexibility index (Phi) is 4.81. The number of hydrogen-bond acceptors (Lipinski definition) is 3. The Balaban J connectivity index is 1.71. The van der Waals surface area contributed by atoms with Crippen LogP contribution in [0.25, 0.3) is 0 Å². The number of likely N-dealkylation sites (tertiary alicyclic amines) is 1. The van der Waals surface area contributed by atoms with Crippen molar-refractivity contribution >= 4 is 11.8 Å². The van der Waals surface area contributed by atoms with E-state index in [-0.39, 0.29) is 17.7 Å². The molecule has 1 atom stereocenters. The van der Waals surface area contributed by atoms with E-state index < -0.39 is 5.97 Å². The first-order valence-electron chi connectivity index (χ1n) is 8.73. The van der Waals surface area contributed by atoms with Gasteiger partial charge >= 0.3 is 5.97 Å². The van der Waals surface area contributed by atoms with Crippen LogP contribution in [0.4, 0.5) is 0 Å². The number of benzene rings is 1. The molecule has 1 fully saturated rings. The highest BCUT2D eigenvalue weighted by molar-refractivity contribution is 6.00. The Bertz CT molecular complexity index is 603. The Hall–Kier alpha value is -1.68. The van der Waals surface area contributed by atoms with Crippen molar-refractivity contribution in [1.82, 2.24) is 4.90 Å². The largest absolute Gasteiger partial charge is 0.481 e. The molecule has 4 nitrogen and oxygen atoms in total. The van der Waals surface area contributed by atoms with Gasteiger partial charge in [0.1, 0.15) is 0 Å². The number of piperidine rings is 1. The third-order valence-corrected chi connectivity index (χ3v) is 5.39. The number of hydrogen-bond donors (Lipinski definition) is 1. The molecule has 0 radical (unpaired) electrons. The van der Waals surface area contributed by atoms with Gasteiger partial charge in [0.15, 0.2) is 5.78 Å². The minimum absolute atomic E-state index is 0.121. The highest BCUT2D eigenvalue weighted by atomic mass is 16.4. The van der Waals surface area contributed by atoms with E-state index >= 15 is 0 Å². The Labute approximate surface area is 137 Å². The number of fused-ring (bicyclic) bond motifs is 1. The van der Waals surface area contributed by atoms with Crippen molar-refractivity contribution in [3.05, 3.63) is 34.9 Å². The number of carboxylic acids is 1. The third kappa shape index (κ3) is 3.32. The number of Topliss-reactive ketones (excluding diaryl/α,β-unsaturated/α-hetero) is 1. The van der Waals surface area contributed by atoms with Crippen LogP contribution in [0.3, 0.4) is 0 Å². The molecule has 1 N–H and O–H groups in total. The molecule has 1 heterocycles. The van der Waals surface area contributed by atoms with Crippen LogP contribution in [-0.2, 0) is 17.6 Å². The standard InChI is InChI=1S/C19H25NO3/c1-2-17(20-10-8-14(9-11-20)19(22)23)18(21)16-7-6-13-4-3-5-15(13)12-16/h6-7,12,14,17H,2-5,8-11H2,1H3,(H,22,23). The number of aliphatic carboxylic acids is 1. The monoisotopic (exact) mass is 315 g/mol. The summed E-state index contributed by atoms with van der Waals surface area (Å²) in [6, 6.07) is 6.04. The molecule has 0 amide bonds. The molecular formula is C19H25NO3. The van der Waals surface area contributed by atoms with Gasteiger partial charge in [0.2, 0.25) is 0 Å². The first-order valence-corrected chi connectivity index (χ1v) is 8.73. The zero-order valence-corrected chi connectivity index (χ0v) is 13.8. The van der Waals surface area contributed by atoms with E-state index in [1.807, 2.05) is 13.0 Å². The average molecular weight is 315 g/mol.